The van der Waals surface area contributed by atoms with Crippen molar-refractivity contribution >= 4 is 39.9 Å². The Kier molecular flexibility index (Phi) is 7.62. The topological polar surface area (TPSA) is 85.8 Å². The molecule has 5 rings (SSSR count). The van der Waals surface area contributed by atoms with Crippen LogP contribution < -0.4 is 14.8 Å². The summed E-state index contributed by atoms with van der Waals surface area (Å²) in [5, 5.41) is 3.94. The fourth-order valence-electron chi connectivity index (χ4n) is 5.05. The molecule has 1 atom stereocenters. The first kappa shape index (κ1) is 25.5. The van der Waals surface area contributed by atoms with Crippen LogP contribution in [0, 0.1) is 11.7 Å². The van der Waals surface area contributed by atoms with E-state index in [0.29, 0.717) is 41.7 Å². The molecule has 1 aliphatic heterocycles. The van der Waals surface area contributed by atoms with Crippen LogP contribution in [0.15, 0.2) is 36.7 Å². The van der Waals surface area contributed by atoms with Gasteiger partial charge in [-0.2, -0.15) is 0 Å². The van der Waals surface area contributed by atoms with Gasteiger partial charge in [-0.3, -0.25) is 4.79 Å². The predicted octanol–water partition coefficient (Wildman–Crippen LogP) is 5.36. The quantitative estimate of drug-likeness (QED) is 0.442. The van der Waals surface area contributed by atoms with Crippen molar-refractivity contribution in [3.63, 3.8) is 0 Å². The second-order valence-corrected chi connectivity index (χ2v) is 9.96. The first-order valence-corrected chi connectivity index (χ1v) is 12.9. The van der Waals surface area contributed by atoms with E-state index in [1.807, 2.05) is 24.1 Å². The summed E-state index contributed by atoms with van der Waals surface area (Å²) >= 11 is 5.94. The number of amides is 1. The Hall–Kier alpha value is -3.17. The van der Waals surface area contributed by atoms with Gasteiger partial charge in [-0.15, -0.1) is 0 Å². The highest BCUT2D eigenvalue weighted by molar-refractivity contribution is 6.31. The van der Waals surface area contributed by atoms with Gasteiger partial charge in [0.1, 0.15) is 18.0 Å². The molecule has 3 aromatic rings. The third-order valence-corrected chi connectivity index (χ3v) is 7.50. The molecule has 196 valence electrons. The van der Waals surface area contributed by atoms with E-state index >= 15 is 0 Å². The molecule has 1 saturated carbocycles. The number of anilines is 2. The van der Waals surface area contributed by atoms with E-state index in [1.54, 1.807) is 13.2 Å². The summed E-state index contributed by atoms with van der Waals surface area (Å²) in [6.07, 6.45) is 5.65. The van der Waals surface area contributed by atoms with Crippen LogP contribution >= 0.6 is 11.6 Å². The zero-order valence-corrected chi connectivity index (χ0v) is 21.6. The van der Waals surface area contributed by atoms with Gasteiger partial charge in [-0.05, 0) is 56.4 Å². The van der Waals surface area contributed by atoms with Crippen LogP contribution in [0.5, 0.6) is 11.5 Å². The van der Waals surface area contributed by atoms with Crippen LogP contribution in [0.4, 0.5) is 15.9 Å². The summed E-state index contributed by atoms with van der Waals surface area (Å²) in [6.45, 7) is 1.19. The molecule has 0 spiro atoms. The normalized spacial score (nSPS) is 21.6. The van der Waals surface area contributed by atoms with Crippen LogP contribution in [0.3, 0.4) is 0 Å². The Morgan fingerprint density at radius 1 is 1.14 bits per heavy atom. The minimum Gasteiger partial charge on any atom is -0.493 e. The monoisotopic (exact) mass is 528 g/mol. The SMILES string of the molecule is COc1cc2ncnc(Nc3ccc(F)c(Cl)c3)c2cc1OC1CCC(N(C)C(=O)C2CCOC2)CC1. The summed E-state index contributed by atoms with van der Waals surface area (Å²) < 4.78 is 31.0. The maximum Gasteiger partial charge on any atom is 0.228 e. The molecule has 1 amide bonds. The fourth-order valence-corrected chi connectivity index (χ4v) is 5.23. The second kappa shape index (κ2) is 11.1. The Morgan fingerprint density at radius 3 is 2.65 bits per heavy atom. The van der Waals surface area contributed by atoms with Gasteiger partial charge in [-0.25, -0.2) is 14.4 Å². The van der Waals surface area contributed by atoms with E-state index in [9.17, 15) is 9.18 Å². The van der Waals surface area contributed by atoms with Crippen molar-refractivity contribution in [2.75, 3.05) is 32.7 Å². The molecular weight excluding hydrogens is 499 g/mol. The number of nitrogens with one attached hydrogen (secondary N) is 1. The van der Waals surface area contributed by atoms with Crippen molar-refractivity contribution in [3.8, 4) is 11.5 Å². The predicted molar refractivity (Wildman–Crippen MR) is 139 cm³/mol. The van der Waals surface area contributed by atoms with E-state index in [4.69, 9.17) is 25.8 Å². The number of halogens is 2. The maximum atomic E-state index is 13.6. The van der Waals surface area contributed by atoms with Crippen molar-refractivity contribution in [1.82, 2.24) is 14.9 Å². The van der Waals surface area contributed by atoms with E-state index < -0.39 is 5.82 Å². The summed E-state index contributed by atoms with van der Waals surface area (Å²) in [6, 6.07) is 8.29. The highest BCUT2D eigenvalue weighted by atomic mass is 35.5. The molecule has 8 nitrogen and oxygen atoms in total. The number of hydrogen-bond acceptors (Lipinski definition) is 7. The van der Waals surface area contributed by atoms with Crippen molar-refractivity contribution < 1.29 is 23.4 Å². The van der Waals surface area contributed by atoms with E-state index in [1.165, 1.54) is 18.5 Å². The average Bonchev–Trinajstić information content (AvgIpc) is 3.45. The smallest absolute Gasteiger partial charge is 0.228 e. The van der Waals surface area contributed by atoms with Crippen LogP contribution in [0.1, 0.15) is 32.1 Å². The minimum atomic E-state index is -0.488. The third kappa shape index (κ3) is 5.57. The van der Waals surface area contributed by atoms with Gasteiger partial charge >= 0.3 is 0 Å². The van der Waals surface area contributed by atoms with E-state index in [0.717, 1.165) is 37.5 Å². The summed E-state index contributed by atoms with van der Waals surface area (Å²) in [7, 11) is 3.50. The van der Waals surface area contributed by atoms with E-state index in [2.05, 4.69) is 15.3 Å². The first-order chi connectivity index (χ1) is 17.9. The fraction of sp³-hybridized carbons (Fsp3) is 0.444. The molecular formula is C27H30ClFN4O4. The number of fused-ring (bicyclic) bond motifs is 1. The third-order valence-electron chi connectivity index (χ3n) is 7.21. The first-order valence-electron chi connectivity index (χ1n) is 12.5. The van der Waals surface area contributed by atoms with Gasteiger partial charge in [0.2, 0.25) is 5.91 Å². The number of carbonyl (C=O) groups excluding carboxylic acids is 1. The zero-order valence-electron chi connectivity index (χ0n) is 20.9. The standard InChI is InChI=1S/C27H30ClFN4O4/c1-33(27(34)16-9-10-36-14-16)18-4-6-19(7-5-18)37-25-12-20-23(13-24(25)35-2)30-15-31-26(20)32-17-3-8-22(29)21(28)11-17/h3,8,11-13,15-16,18-19H,4-7,9-10,14H2,1-2H3,(H,30,31,32). The maximum absolute atomic E-state index is 13.6. The number of methoxy groups -OCH3 is 1. The van der Waals surface area contributed by atoms with Crippen LogP contribution in [0.25, 0.3) is 10.9 Å². The minimum absolute atomic E-state index is 0.00198. The van der Waals surface area contributed by atoms with Crippen molar-refractivity contribution in [3.05, 3.63) is 47.5 Å². The zero-order chi connectivity index (χ0) is 25.9. The molecule has 2 aliphatic rings. The molecule has 1 unspecified atom stereocenters. The number of aromatic nitrogens is 2. The number of hydrogen-bond donors (Lipinski definition) is 1. The summed E-state index contributed by atoms with van der Waals surface area (Å²) in [5.74, 6) is 1.40. The van der Waals surface area contributed by atoms with Crippen molar-refractivity contribution in [2.24, 2.45) is 5.92 Å². The van der Waals surface area contributed by atoms with Crippen LogP contribution in [-0.4, -0.2) is 60.3 Å². The van der Waals surface area contributed by atoms with Gasteiger partial charge in [0.25, 0.3) is 0 Å². The molecule has 2 aromatic carbocycles. The molecule has 0 bridgehead atoms. The lowest BCUT2D eigenvalue weighted by molar-refractivity contribution is -0.137. The number of nitrogens with zero attached hydrogens (tertiary/aromatic N) is 3. The second-order valence-electron chi connectivity index (χ2n) is 9.55. The van der Waals surface area contributed by atoms with Gasteiger partial charge in [0, 0.05) is 36.8 Å². The van der Waals surface area contributed by atoms with Crippen LogP contribution in [0.2, 0.25) is 5.02 Å². The van der Waals surface area contributed by atoms with Crippen molar-refractivity contribution in [2.45, 2.75) is 44.2 Å². The molecule has 1 aliphatic carbocycles. The molecule has 1 N–H and O–H groups in total. The molecule has 2 heterocycles. The Bertz CT molecular complexity index is 1280. The van der Waals surface area contributed by atoms with Gasteiger partial charge < -0.3 is 24.4 Å². The summed E-state index contributed by atoms with van der Waals surface area (Å²) in [4.78, 5) is 23.4. The molecule has 1 saturated heterocycles. The largest absolute Gasteiger partial charge is 0.493 e. The summed E-state index contributed by atoms with van der Waals surface area (Å²) in [5.41, 5.74) is 1.28. The van der Waals surface area contributed by atoms with Gasteiger partial charge in [0.15, 0.2) is 11.5 Å². The van der Waals surface area contributed by atoms with Gasteiger partial charge in [-0.1, -0.05) is 11.6 Å². The number of carbonyl (C=O) groups is 1. The highest BCUT2D eigenvalue weighted by Crippen LogP contribution is 2.37. The van der Waals surface area contributed by atoms with Crippen molar-refractivity contribution in [1.29, 1.82) is 0 Å². The molecule has 37 heavy (non-hydrogen) atoms. The lowest BCUT2D eigenvalue weighted by Gasteiger charge is -2.36. The van der Waals surface area contributed by atoms with Crippen LogP contribution in [-0.2, 0) is 9.53 Å². The average molecular weight is 529 g/mol. The number of rotatable bonds is 7. The number of benzene rings is 2. The Morgan fingerprint density at radius 2 is 1.95 bits per heavy atom. The Labute approximate surface area is 220 Å². The lowest BCUT2D eigenvalue weighted by atomic mass is 9.91. The lowest BCUT2D eigenvalue weighted by Crippen LogP contribution is -2.44. The Balaban J connectivity index is 1.30. The molecule has 0 radical (unpaired) electrons. The molecule has 1 aromatic heterocycles. The molecule has 10 heteroatoms. The van der Waals surface area contributed by atoms with E-state index in [-0.39, 0.29) is 29.0 Å². The van der Waals surface area contributed by atoms with Gasteiger partial charge in [0.05, 0.1) is 36.3 Å². The molecule has 2 fully saturated rings. The highest BCUT2D eigenvalue weighted by Gasteiger charge is 2.32. The number of ether oxygens (including phenoxy) is 3.